The Morgan fingerprint density at radius 3 is 1.30 bits per heavy atom. The lowest BCUT2D eigenvalue weighted by molar-refractivity contribution is -0.139. The van der Waals surface area contributed by atoms with E-state index in [1.165, 1.54) is 0 Å². The average molecular weight is 407 g/mol. The molecule has 0 unspecified atom stereocenters. The van der Waals surface area contributed by atoms with Crippen LogP contribution in [0.2, 0.25) is 0 Å². The molecule has 2 rings (SSSR count). The zero-order valence-corrected chi connectivity index (χ0v) is 18.1. The van der Waals surface area contributed by atoms with E-state index in [-0.39, 0.29) is 0 Å². The largest absolute Gasteiger partial charge is 0.331 e. The molecule has 2 amide bonds. The van der Waals surface area contributed by atoms with Gasteiger partial charge in [-0.3, -0.25) is 9.59 Å². The molecule has 6 heteroatoms. The van der Waals surface area contributed by atoms with Gasteiger partial charge < -0.3 is 0 Å². The summed E-state index contributed by atoms with van der Waals surface area (Å²) in [4.78, 5) is 24.5. The van der Waals surface area contributed by atoms with Crippen molar-refractivity contribution in [3.8, 4) is 0 Å². The van der Waals surface area contributed by atoms with Gasteiger partial charge in [-0.1, -0.05) is 88.4 Å². The van der Waals surface area contributed by atoms with Crippen molar-refractivity contribution in [1.82, 2.24) is 10.9 Å². The maximum Gasteiger partial charge on any atom is 0.331 e. The predicted octanol–water partition coefficient (Wildman–Crippen LogP) is 4.12. The Hall–Kier alpha value is -3.28. The van der Waals surface area contributed by atoms with Crippen molar-refractivity contribution in [2.45, 2.75) is 40.5 Å². The average Bonchev–Trinajstić information content (AvgIpc) is 2.74. The normalized spacial score (nSPS) is 12.2. The van der Waals surface area contributed by atoms with Gasteiger partial charge in [0.25, 0.3) is 0 Å². The van der Waals surface area contributed by atoms with Gasteiger partial charge in [-0.25, -0.2) is 10.9 Å². The molecule has 2 N–H and O–H groups in total. The number of carbonyl (C=O) groups excluding carboxylic acids is 2. The second kappa shape index (κ2) is 11.7. The molecule has 0 aromatic heterocycles. The van der Waals surface area contributed by atoms with E-state index in [0.29, 0.717) is 24.7 Å². The molecule has 0 aliphatic rings. The van der Waals surface area contributed by atoms with Gasteiger partial charge in [-0.05, 0) is 35.8 Å². The quantitative estimate of drug-likeness (QED) is 0.393. The molecule has 30 heavy (non-hydrogen) atoms. The summed E-state index contributed by atoms with van der Waals surface area (Å²) in [6, 6.07) is 19.2. The van der Waals surface area contributed by atoms with E-state index in [4.69, 9.17) is 0 Å². The maximum absolute atomic E-state index is 12.2. The Morgan fingerprint density at radius 1 is 0.667 bits per heavy atom. The zero-order chi connectivity index (χ0) is 21.9. The van der Waals surface area contributed by atoms with Gasteiger partial charge in [0.2, 0.25) is 0 Å². The summed E-state index contributed by atoms with van der Waals surface area (Å²) in [5.74, 6) is -1.01. The van der Waals surface area contributed by atoms with E-state index < -0.39 is 11.8 Å². The Labute approximate surface area is 178 Å². The molecule has 0 radical (unpaired) electrons. The number of nitrogens with one attached hydrogen (secondary N) is 2. The number of amides is 2. The molecule has 0 aliphatic carbocycles. The molecule has 0 fully saturated rings. The van der Waals surface area contributed by atoms with Crippen LogP contribution in [0.25, 0.3) is 0 Å². The molecular formula is C24H30N4O2. The molecule has 0 aliphatic heterocycles. The summed E-state index contributed by atoms with van der Waals surface area (Å²) in [6.07, 6.45) is 1.35. The van der Waals surface area contributed by atoms with E-state index in [0.717, 1.165) is 22.6 Å². The number of rotatable bonds is 8. The summed E-state index contributed by atoms with van der Waals surface area (Å²) in [5, 5.41) is 8.39. The third-order valence-corrected chi connectivity index (χ3v) is 4.21. The van der Waals surface area contributed by atoms with Crippen LogP contribution in [0.15, 0.2) is 70.9 Å². The van der Waals surface area contributed by atoms with Crippen LogP contribution >= 0.6 is 0 Å². The van der Waals surface area contributed by atoms with Gasteiger partial charge in [0.1, 0.15) is 0 Å². The minimum Gasteiger partial charge on any atom is -0.262 e. The van der Waals surface area contributed by atoms with Crippen LogP contribution in [0.1, 0.15) is 51.7 Å². The van der Waals surface area contributed by atoms with E-state index >= 15 is 0 Å². The van der Waals surface area contributed by atoms with Crippen LogP contribution in [0, 0.1) is 11.8 Å². The van der Waals surface area contributed by atoms with Crippen molar-refractivity contribution in [2.75, 3.05) is 0 Å². The van der Waals surface area contributed by atoms with Gasteiger partial charge in [0.15, 0.2) is 0 Å². The SMILES string of the molecule is CC(C)C/C(=N/NC(=O)C(=O)N/N=C(/CC(C)C)c1ccccc1)c1ccccc1. The molecule has 6 nitrogen and oxygen atoms in total. The van der Waals surface area contributed by atoms with Crippen LogP contribution in [-0.4, -0.2) is 23.2 Å². The second-order valence-electron chi connectivity index (χ2n) is 7.93. The van der Waals surface area contributed by atoms with Crippen molar-refractivity contribution in [2.24, 2.45) is 22.0 Å². The van der Waals surface area contributed by atoms with Gasteiger partial charge in [-0.15, -0.1) is 0 Å². The lowest BCUT2D eigenvalue weighted by atomic mass is 10.0. The van der Waals surface area contributed by atoms with Crippen LogP contribution < -0.4 is 10.9 Å². The fourth-order valence-corrected chi connectivity index (χ4v) is 2.83. The molecular weight excluding hydrogens is 376 g/mol. The number of hydrazone groups is 2. The van der Waals surface area contributed by atoms with E-state index in [9.17, 15) is 9.59 Å². The Morgan fingerprint density at radius 2 is 1.00 bits per heavy atom. The number of benzene rings is 2. The Kier molecular flexibility index (Phi) is 8.94. The minimum atomic E-state index is -0.854. The number of hydrogen-bond acceptors (Lipinski definition) is 4. The maximum atomic E-state index is 12.2. The van der Waals surface area contributed by atoms with E-state index in [1.807, 2.05) is 60.7 Å². The number of carbonyl (C=O) groups is 2. The van der Waals surface area contributed by atoms with Crippen LogP contribution in [0.4, 0.5) is 0 Å². The highest BCUT2D eigenvalue weighted by molar-refractivity contribution is 6.35. The molecule has 2 aromatic carbocycles. The van der Waals surface area contributed by atoms with Crippen molar-refractivity contribution in [3.63, 3.8) is 0 Å². The highest BCUT2D eigenvalue weighted by atomic mass is 16.2. The predicted molar refractivity (Wildman–Crippen MR) is 121 cm³/mol. The summed E-state index contributed by atoms with van der Waals surface area (Å²) in [5.41, 5.74) is 7.98. The van der Waals surface area contributed by atoms with Crippen molar-refractivity contribution < 1.29 is 9.59 Å². The molecule has 2 aromatic rings. The number of hydrogen-bond donors (Lipinski definition) is 2. The summed E-state index contributed by atoms with van der Waals surface area (Å²) < 4.78 is 0. The van der Waals surface area contributed by atoms with Crippen LogP contribution in [0.3, 0.4) is 0 Å². The smallest absolute Gasteiger partial charge is 0.262 e. The first-order valence-corrected chi connectivity index (χ1v) is 10.2. The lowest BCUT2D eigenvalue weighted by Crippen LogP contribution is -2.36. The fourth-order valence-electron chi connectivity index (χ4n) is 2.83. The third kappa shape index (κ3) is 7.62. The van der Waals surface area contributed by atoms with Crippen LogP contribution in [0.5, 0.6) is 0 Å². The second-order valence-corrected chi connectivity index (χ2v) is 7.93. The van der Waals surface area contributed by atoms with E-state index in [1.54, 1.807) is 0 Å². The van der Waals surface area contributed by atoms with Gasteiger partial charge in [-0.2, -0.15) is 10.2 Å². The highest BCUT2D eigenvalue weighted by Crippen LogP contribution is 2.11. The Bertz CT molecular complexity index is 812. The first-order valence-electron chi connectivity index (χ1n) is 10.2. The first kappa shape index (κ1) is 23.0. The summed E-state index contributed by atoms with van der Waals surface area (Å²) >= 11 is 0. The van der Waals surface area contributed by atoms with Gasteiger partial charge in [0.05, 0.1) is 11.4 Å². The molecule has 0 atom stereocenters. The molecule has 0 saturated carbocycles. The fraction of sp³-hybridized carbons (Fsp3) is 0.333. The van der Waals surface area contributed by atoms with Crippen molar-refractivity contribution >= 4 is 23.2 Å². The monoisotopic (exact) mass is 406 g/mol. The molecule has 158 valence electrons. The minimum absolute atomic E-state index is 0.351. The van der Waals surface area contributed by atoms with Crippen LogP contribution in [-0.2, 0) is 9.59 Å². The number of nitrogens with zero attached hydrogens (tertiary/aromatic N) is 2. The summed E-state index contributed by atoms with van der Waals surface area (Å²) in [7, 11) is 0. The first-order chi connectivity index (χ1) is 14.4. The Balaban J connectivity index is 2.09. The molecule has 0 spiro atoms. The third-order valence-electron chi connectivity index (χ3n) is 4.21. The molecule has 0 saturated heterocycles. The zero-order valence-electron chi connectivity index (χ0n) is 18.1. The lowest BCUT2D eigenvalue weighted by Gasteiger charge is -2.11. The van der Waals surface area contributed by atoms with Crippen molar-refractivity contribution in [3.05, 3.63) is 71.8 Å². The van der Waals surface area contributed by atoms with Crippen molar-refractivity contribution in [1.29, 1.82) is 0 Å². The van der Waals surface area contributed by atoms with E-state index in [2.05, 4.69) is 48.7 Å². The van der Waals surface area contributed by atoms with Gasteiger partial charge in [0, 0.05) is 0 Å². The molecule has 0 bridgehead atoms. The van der Waals surface area contributed by atoms with Gasteiger partial charge >= 0.3 is 11.8 Å². The highest BCUT2D eigenvalue weighted by Gasteiger charge is 2.15. The standard InChI is InChI=1S/C24H30N4O2/c1-17(2)15-21(19-11-7-5-8-12-19)25-27-23(29)24(30)28-26-22(16-18(3)4)20-13-9-6-10-14-20/h5-14,17-18H,15-16H2,1-4H3,(H,27,29)(H,28,30)/b25-21-,26-22-. The molecule has 0 heterocycles. The summed E-state index contributed by atoms with van der Waals surface area (Å²) in [6.45, 7) is 8.28. The topological polar surface area (TPSA) is 82.9 Å².